The predicted octanol–water partition coefficient (Wildman–Crippen LogP) is 3.54. The van der Waals surface area contributed by atoms with Crippen LogP contribution in [0, 0.1) is 0 Å². The van der Waals surface area contributed by atoms with Crippen LogP contribution in [0.1, 0.15) is 34.6 Å². The van der Waals surface area contributed by atoms with Crippen molar-refractivity contribution in [3.63, 3.8) is 0 Å². The third-order valence-electron chi connectivity index (χ3n) is 2.00. The van der Waals surface area contributed by atoms with E-state index in [2.05, 4.69) is 15.9 Å². The summed E-state index contributed by atoms with van der Waals surface area (Å²) in [6, 6.07) is 2.29. The molecule has 0 unspecified atom stereocenters. The molecule has 7 heteroatoms. The Hall–Kier alpha value is -0.980. The first kappa shape index (κ1) is 10.7. The summed E-state index contributed by atoms with van der Waals surface area (Å²) in [5.41, 5.74) is -1.82. The molecular weight excluding hydrogens is 362 g/mol. The molecule has 0 aliphatic rings. The number of rotatable bonds is 4. The maximum absolute atomic E-state index is 12.6. The van der Waals surface area contributed by atoms with Crippen molar-refractivity contribution in [3.05, 3.63) is 27.2 Å². The molecule has 0 aromatic heterocycles. The number of ether oxygens (including phenoxy) is 1. The molecule has 118 valence electrons. The average molecular weight is 387 g/mol. The summed E-state index contributed by atoms with van der Waals surface area (Å²) in [4.78, 5) is 12.3. The fourth-order valence-corrected chi connectivity index (χ4v) is 2.06. The first-order valence-electron chi connectivity index (χ1n) is 8.76. The van der Waals surface area contributed by atoms with E-state index in [4.69, 9.17) is 24.6 Å². The van der Waals surface area contributed by atoms with E-state index in [0.717, 1.165) is 6.07 Å². The number of carbonyl (C=O) groups is 1. The lowest BCUT2D eigenvalue weighted by Crippen LogP contribution is -2.38. The Morgan fingerprint density at radius 1 is 1.52 bits per heavy atom. The number of halogens is 2. The van der Waals surface area contributed by atoms with E-state index in [-0.39, 0.29) is 14.4 Å². The summed E-state index contributed by atoms with van der Waals surface area (Å²) < 4.78 is 52.1. The molecule has 0 aliphatic carbocycles. The molecule has 1 rings (SSSR count). The molecule has 0 heterocycles. The molecule has 2 N–H and O–H groups in total. The van der Waals surface area contributed by atoms with E-state index >= 15 is 0 Å². The number of phenolic OH excluding ortho intramolecular Hbond substituents is 1. The number of nitrogens with zero attached hydrogens (tertiary/aromatic N) is 1. The number of amides is 1. The van der Waals surface area contributed by atoms with Gasteiger partial charge in [0.25, 0.3) is 0 Å². The second-order valence-corrected chi connectivity index (χ2v) is 6.26. The Morgan fingerprint density at radius 2 is 2.14 bits per heavy atom. The Balaban J connectivity index is 3.71. The number of aromatic hydroxyl groups is 1. The van der Waals surface area contributed by atoms with Crippen LogP contribution in [0.3, 0.4) is 0 Å². The topological polar surface area (TPSA) is 70.0 Å². The normalized spacial score (nSPS) is 17.6. The molecule has 1 aromatic rings. The molecule has 0 saturated heterocycles. The minimum atomic E-state index is -3.66. The largest absolute Gasteiger partial charge is 0.506 e. The van der Waals surface area contributed by atoms with Crippen molar-refractivity contribution in [1.82, 2.24) is 4.90 Å². The van der Waals surface area contributed by atoms with Crippen LogP contribution in [0.5, 0.6) is 5.75 Å². The van der Waals surface area contributed by atoms with E-state index in [1.165, 1.54) is 26.8 Å². The second kappa shape index (κ2) is 7.33. The van der Waals surface area contributed by atoms with Crippen molar-refractivity contribution in [3.8, 4) is 5.75 Å². The molecule has 1 amide bonds. The van der Waals surface area contributed by atoms with Gasteiger partial charge < -0.3 is 19.8 Å². The van der Waals surface area contributed by atoms with Gasteiger partial charge in [0.2, 0.25) is 0 Å². The van der Waals surface area contributed by atoms with Crippen LogP contribution in [0.25, 0.3) is 0 Å². The number of carbonyl (C=O) groups excluding carboxylic acids is 1. The number of phenols is 1. The maximum Gasteiger partial charge on any atom is 0.410 e. The summed E-state index contributed by atoms with van der Waals surface area (Å²) in [6.45, 7) is -6.10. The van der Waals surface area contributed by atoms with Crippen LogP contribution < -0.4 is 0 Å². The Morgan fingerprint density at radius 3 is 2.67 bits per heavy atom. The van der Waals surface area contributed by atoms with Gasteiger partial charge in [0.1, 0.15) is 11.4 Å². The van der Waals surface area contributed by atoms with Crippen molar-refractivity contribution >= 4 is 33.6 Å². The van der Waals surface area contributed by atoms with Gasteiger partial charge in [-0.05, 0) is 32.9 Å². The first-order chi connectivity index (χ1) is 11.8. The zero-order valence-corrected chi connectivity index (χ0v) is 13.9. The zero-order valence-electron chi connectivity index (χ0n) is 17.6. The van der Waals surface area contributed by atoms with Gasteiger partial charge in [0.15, 0.2) is 0 Å². The van der Waals surface area contributed by atoms with Gasteiger partial charge in [-0.1, -0.05) is 27.5 Å². The number of benzene rings is 1. The molecule has 5 nitrogen and oxygen atoms in total. The lowest BCUT2D eigenvalue weighted by Gasteiger charge is -2.27. The zero-order chi connectivity index (χ0) is 21.6. The van der Waals surface area contributed by atoms with Crippen LogP contribution >= 0.6 is 27.5 Å². The van der Waals surface area contributed by atoms with Crippen molar-refractivity contribution < 1.29 is 28.0 Å². The van der Waals surface area contributed by atoms with E-state index in [0.29, 0.717) is 0 Å². The summed E-state index contributed by atoms with van der Waals surface area (Å²) in [7, 11) is 0. The average Bonchev–Trinajstić information content (AvgIpc) is 2.38. The quantitative estimate of drug-likeness (QED) is 0.830. The number of hydrogen-bond donors (Lipinski definition) is 2. The molecular formula is C14H19BrClNO4. The maximum atomic E-state index is 12.6. The van der Waals surface area contributed by atoms with E-state index in [1.54, 1.807) is 0 Å². The highest BCUT2D eigenvalue weighted by atomic mass is 79.9. The highest BCUT2D eigenvalue weighted by Crippen LogP contribution is 2.32. The summed E-state index contributed by atoms with van der Waals surface area (Å²) in [6.07, 6.45) is -1.59. The Bertz CT molecular complexity index is 736. The highest BCUT2D eigenvalue weighted by molar-refractivity contribution is 9.10. The van der Waals surface area contributed by atoms with E-state index < -0.39 is 42.6 Å². The standard InChI is InChI=1S/C14H19BrClNO4/c1-14(2,3)21-13(20)17(4-5-18)8-9-6-10(15)7-11(16)12(9)19/h6-7,18-19H,4-5,8H2,1-3H3/i4D2,5D2,8D2. The van der Waals surface area contributed by atoms with Crippen molar-refractivity contribution in [2.45, 2.75) is 32.9 Å². The van der Waals surface area contributed by atoms with Gasteiger partial charge in [-0.2, -0.15) is 0 Å². The number of aliphatic hydroxyl groups is 1. The van der Waals surface area contributed by atoms with Crippen LogP contribution in [0.2, 0.25) is 5.02 Å². The molecule has 0 bridgehead atoms. The lowest BCUT2D eigenvalue weighted by atomic mass is 10.2. The lowest BCUT2D eigenvalue weighted by molar-refractivity contribution is 0.0200. The number of hydrogen-bond acceptors (Lipinski definition) is 4. The van der Waals surface area contributed by atoms with Gasteiger partial charge in [0, 0.05) is 16.5 Å². The molecule has 0 saturated carbocycles. The molecule has 0 radical (unpaired) electrons. The second-order valence-electron chi connectivity index (χ2n) is 4.93. The summed E-state index contributed by atoms with van der Waals surface area (Å²) in [5, 5.41) is 19.4. The molecule has 1 aromatic carbocycles. The van der Waals surface area contributed by atoms with Crippen LogP contribution in [-0.4, -0.2) is 39.9 Å². The predicted molar refractivity (Wildman–Crippen MR) is 84.5 cm³/mol. The molecule has 0 atom stereocenters. The van der Waals surface area contributed by atoms with Crippen molar-refractivity contribution in [2.24, 2.45) is 0 Å². The minimum absolute atomic E-state index is 0.209. The summed E-state index contributed by atoms with van der Waals surface area (Å²) >= 11 is 8.87. The monoisotopic (exact) mass is 385 g/mol. The van der Waals surface area contributed by atoms with Crippen LogP contribution in [-0.2, 0) is 11.2 Å². The van der Waals surface area contributed by atoms with Gasteiger partial charge in [-0.3, -0.25) is 0 Å². The van der Waals surface area contributed by atoms with Crippen LogP contribution in [0.15, 0.2) is 16.6 Å². The molecule has 0 spiro atoms. The Kier molecular flexibility index (Phi) is 3.74. The Labute approximate surface area is 146 Å². The fourth-order valence-electron chi connectivity index (χ4n) is 1.25. The molecule has 21 heavy (non-hydrogen) atoms. The van der Waals surface area contributed by atoms with Crippen molar-refractivity contribution in [2.75, 3.05) is 13.1 Å². The van der Waals surface area contributed by atoms with Gasteiger partial charge in [-0.25, -0.2) is 4.79 Å². The first-order valence-corrected chi connectivity index (χ1v) is 6.93. The van der Waals surface area contributed by atoms with E-state index in [1.807, 2.05) is 0 Å². The van der Waals surface area contributed by atoms with Gasteiger partial charge in [-0.15, -0.1) is 0 Å². The fraction of sp³-hybridized carbons (Fsp3) is 0.500. The molecule has 0 aliphatic heterocycles. The third kappa shape index (κ3) is 5.73. The smallest absolute Gasteiger partial charge is 0.410 e. The van der Waals surface area contributed by atoms with Crippen molar-refractivity contribution in [1.29, 1.82) is 0 Å². The van der Waals surface area contributed by atoms with E-state index in [9.17, 15) is 15.0 Å². The minimum Gasteiger partial charge on any atom is -0.506 e. The third-order valence-corrected chi connectivity index (χ3v) is 2.74. The van der Waals surface area contributed by atoms with Gasteiger partial charge >= 0.3 is 6.09 Å². The molecule has 0 fully saturated rings. The SMILES string of the molecule is [2H]C([2H])(c1cc(Br)cc(Cl)c1O)N(C(=O)OC(C)(C)C)C([2H])([2H])C([2H])([2H])O. The van der Waals surface area contributed by atoms with Gasteiger partial charge in [0.05, 0.1) is 26.3 Å². The van der Waals surface area contributed by atoms with Crippen LogP contribution in [0.4, 0.5) is 4.79 Å². The summed E-state index contributed by atoms with van der Waals surface area (Å²) in [5.74, 6) is -0.785. The highest BCUT2D eigenvalue weighted by Gasteiger charge is 2.23.